The van der Waals surface area contributed by atoms with Crippen LogP contribution in [0.4, 0.5) is 5.69 Å². The van der Waals surface area contributed by atoms with Crippen LogP contribution in [0, 0.1) is 6.92 Å². The predicted molar refractivity (Wildman–Crippen MR) is 68.4 cm³/mol. The van der Waals surface area contributed by atoms with E-state index in [-0.39, 0.29) is 5.91 Å². The molecule has 2 aromatic rings. The number of pyridine rings is 1. The fraction of sp³-hybridized carbons (Fsp3) is 0.250. The second kappa shape index (κ2) is 5.42. The van der Waals surface area contributed by atoms with Crippen LogP contribution in [-0.4, -0.2) is 27.0 Å². The number of anilines is 1. The summed E-state index contributed by atoms with van der Waals surface area (Å²) in [7, 11) is 0. The molecule has 94 valence electrons. The van der Waals surface area contributed by atoms with E-state index in [0.29, 0.717) is 18.7 Å². The van der Waals surface area contributed by atoms with Gasteiger partial charge in [0.1, 0.15) is 11.6 Å². The van der Waals surface area contributed by atoms with Crippen molar-refractivity contribution in [3.05, 3.63) is 36.5 Å². The molecule has 0 spiro atoms. The van der Waals surface area contributed by atoms with Crippen molar-refractivity contribution in [1.29, 1.82) is 0 Å². The van der Waals surface area contributed by atoms with Crippen LogP contribution in [0.1, 0.15) is 12.2 Å². The highest BCUT2D eigenvalue weighted by Gasteiger charge is 2.04. The van der Waals surface area contributed by atoms with Gasteiger partial charge < -0.3 is 11.1 Å². The van der Waals surface area contributed by atoms with Gasteiger partial charge in [-0.2, -0.15) is 0 Å². The molecule has 2 aromatic heterocycles. The number of nitrogens with zero attached hydrogens (tertiary/aromatic N) is 3. The maximum atomic E-state index is 11.3. The second-order valence-electron chi connectivity index (χ2n) is 3.84. The number of imidazole rings is 1. The van der Waals surface area contributed by atoms with Crippen LogP contribution in [0.5, 0.6) is 0 Å². The zero-order valence-electron chi connectivity index (χ0n) is 10.1. The number of aryl methyl sites for hydroxylation is 1. The van der Waals surface area contributed by atoms with Gasteiger partial charge in [0.05, 0.1) is 11.9 Å². The minimum atomic E-state index is -0.106. The first kappa shape index (κ1) is 12.3. The van der Waals surface area contributed by atoms with E-state index in [1.807, 2.05) is 23.8 Å². The molecule has 0 aliphatic rings. The molecule has 0 bridgehead atoms. The quantitative estimate of drug-likeness (QED) is 0.836. The average Bonchev–Trinajstić information content (AvgIpc) is 2.77. The normalized spacial score (nSPS) is 10.3. The molecule has 6 heteroatoms. The van der Waals surface area contributed by atoms with E-state index in [9.17, 15) is 4.79 Å². The Kier molecular flexibility index (Phi) is 3.69. The van der Waals surface area contributed by atoms with Gasteiger partial charge in [-0.15, -0.1) is 0 Å². The summed E-state index contributed by atoms with van der Waals surface area (Å²) in [6, 6.07) is 3.63. The van der Waals surface area contributed by atoms with Crippen molar-refractivity contribution in [1.82, 2.24) is 14.5 Å². The Balaban J connectivity index is 2.11. The second-order valence-corrected chi connectivity index (χ2v) is 3.84. The summed E-state index contributed by atoms with van der Waals surface area (Å²) in [5.74, 6) is 1.52. The third-order valence-electron chi connectivity index (χ3n) is 2.48. The Hall–Kier alpha value is -2.21. The number of hydrogen-bond acceptors (Lipinski definition) is 4. The van der Waals surface area contributed by atoms with Gasteiger partial charge in [-0.25, -0.2) is 9.97 Å². The van der Waals surface area contributed by atoms with E-state index in [4.69, 9.17) is 5.73 Å². The third kappa shape index (κ3) is 2.72. The van der Waals surface area contributed by atoms with Gasteiger partial charge in [0.15, 0.2) is 0 Å². The zero-order chi connectivity index (χ0) is 13.0. The van der Waals surface area contributed by atoms with Gasteiger partial charge in [0.2, 0.25) is 5.91 Å². The number of aromatic nitrogens is 3. The molecule has 18 heavy (non-hydrogen) atoms. The third-order valence-corrected chi connectivity index (χ3v) is 2.48. The van der Waals surface area contributed by atoms with E-state index in [2.05, 4.69) is 15.3 Å². The molecular formula is C12H15N5O. The lowest BCUT2D eigenvalue weighted by Gasteiger charge is -2.06. The van der Waals surface area contributed by atoms with Crippen molar-refractivity contribution in [3.8, 4) is 5.82 Å². The Morgan fingerprint density at radius 2 is 2.28 bits per heavy atom. The molecule has 2 heterocycles. The molecule has 3 N–H and O–H groups in total. The van der Waals surface area contributed by atoms with Gasteiger partial charge >= 0.3 is 0 Å². The van der Waals surface area contributed by atoms with Gasteiger partial charge in [-0.1, -0.05) is 0 Å². The molecule has 0 aromatic carbocycles. The summed E-state index contributed by atoms with van der Waals surface area (Å²) in [5, 5.41) is 2.72. The molecule has 0 unspecified atom stereocenters. The minimum Gasteiger partial charge on any atom is -0.330 e. The van der Waals surface area contributed by atoms with E-state index in [1.54, 1.807) is 18.5 Å². The largest absolute Gasteiger partial charge is 0.330 e. The van der Waals surface area contributed by atoms with E-state index in [0.717, 1.165) is 11.6 Å². The number of carbonyl (C=O) groups excluding carboxylic acids is 1. The smallest absolute Gasteiger partial charge is 0.225 e. The van der Waals surface area contributed by atoms with Gasteiger partial charge in [-0.3, -0.25) is 9.36 Å². The standard InChI is InChI=1S/C12H15N5O/c1-9-14-6-7-17(9)11-3-2-10(8-15-11)16-12(18)4-5-13/h2-3,6-8H,4-5,13H2,1H3,(H,16,18). The molecule has 1 amide bonds. The lowest BCUT2D eigenvalue weighted by molar-refractivity contribution is -0.116. The van der Waals surface area contributed by atoms with Gasteiger partial charge in [-0.05, 0) is 19.1 Å². The first-order chi connectivity index (χ1) is 8.70. The first-order valence-electron chi connectivity index (χ1n) is 5.67. The topological polar surface area (TPSA) is 85.8 Å². The Morgan fingerprint density at radius 1 is 1.44 bits per heavy atom. The summed E-state index contributed by atoms with van der Waals surface area (Å²) in [4.78, 5) is 19.7. The van der Waals surface area contributed by atoms with Crippen LogP contribution in [0.2, 0.25) is 0 Å². The van der Waals surface area contributed by atoms with Crippen molar-refractivity contribution in [2.45, 2.75) is 13.3 Å². The molecule has 0 saturated carbocycles. The van der Waals surface area contributed by atoms with Crippen LogP contribution in [0.15, 0.2) is 30.7 Å². The molecule has 0 fully saturated rings. The summed E-state index contributed by atoms with van der Waals surface area (Å²) in [5.41, 5.74) is 5.96. The molecule has 2 rings (SSSR count). The van der Waals surface area contributed by atoms with Crippen LogP contribution < -0.4 is 11.1 Å². The number of nitrogens with one attached hydrogen (secondary N) is 1. The summed E-state index contributed by atoms with van der Waals surface area (Å²) >= 11 is 0. The average molecular weight is 245 g/mol. The van der Waals surface area contributed by atoms with E-state index < -0.39 is 0 Å². The summed E-state index contributed by atoms with van der Waals surface area (Å²) in [6.45, 7) is 2.24. The monoisotopic (exact) mass is 245 g/mol. The Labute approximate surface area is 105 Å². The van der Waals surface area contributed by atoms with E-state index in [1.165, 1.54) is 0 Å². The van der Waals surface area contributed by atoms with Gasteiger partial charge in [0, 0.05) is 25.4 Å². The maximum Gasteiger partial charge on any atom is 0.225 e. The number of carbonyl (C=O) groups is 1. The Morgan fingerprint density at radius 3 is 2.83 bits per heavy atom. The fourth-order valence-corrected chi connectivity index (χ4v) is 1.58. The van der Waals surface area contributed by atoms with Crippen LogP contribution in [-0.2, 0) is 4.79 Å². The van der Waals surface area contributed by atoms with E-state index >= 15 is 0 Å². The van der Waals surface area contributed by atoms with Crippen molar-refractivity contribution < 1.29 is 4.79 Å². The number of rotatable bonds is 4. The molecule has 0 aliphatic carbocycles. The molecule has 0 saturated heterocycles. The highest BCUT2D eigenvalue weighted by Crippen LogP contribution is 2.11. The number of amides is 1. The van der Waals surface area contributed by atoms with Crippen molar-refractivity contribution in [3.63, 3.8) is 0 Å². The predicted octanol–water partition coefficient (Wildman–Crippen LogP) is 0.863. The molecule has 0 aliphatic heterocycles. The highest BCUT2D eigenvalue weighted by atomic mass is 16.1. The molecule has 0 radical (unpaired) electrons. The zero-order valence-corrected chi connectivity index (χ0v) is 10.1. The maximum absolute atomic E-state index is 11.3. The highest BCUT2D eigenvalue weighted by molar-refractivity contribution is 5.90. The summed E-state index contributed by atoms with van der Waals surface area (Å²) in [6.07, 6.45) is 5.48. The van der Waals surface area contributed by atoms with Crippen molar-refractivity contribution >= 4 is 11.6 Å². The lowest BCUT2D eigenvalue weighted by Crippen LogP contribution is -2.16. The van der Waals surface area contributed by atoms with Crippen molar-refractivity contribution in [2.75, 3.05) is 11.9 Å². The SMILES string of the molecule is Cc1nccn1-c1ccc(NC(=O)CCN)cn1. The molecule has 0 atom stereocenters. The number of hydrogen-bond donors (Lipinski definition) is 2. The molecule has 6 nitrogen and oxygen atoms in total. The van der Waals surface area contributed by atoms with Crippen LogP contribution in [0.25, 0.3) is 5.82 Å². The van der Waals surface area contributed by atoms with Gasteiger partial charge in [0.25, 0.3) is 0 Å². The lowest BCUT2D eigenvalue weighted by atomic mass is 10.3. The number of nitrogens with two attached hydrogens (primary N) is 1. The molecular weight excluding hydrogens is 230 g/mol. The van der Waals surface area contributed by atoms with Crippen molar-refractivity contribution in [2.24, 2.45) is 5.73 Å². The van der Waals surface area contributed by atoms with Crippen LogP contribution >= 0.6 is 0 Å². The Bertz CT molecular complexity index is 532. The fourth-order valence-electron chi connectivity index (χ4n) is 1.58. The summed E-state index contributed by atoms with van der Waals surface area (Å²) < 4.78 is 1.87. The minimum absolute atomic E-state index is 0.106. The first-order valence-corrected chi connectivity index (χ1v) is 5.67. The van der Waals surface area contributed by atoms with Crippen LogP contribution in [0.3, 0.4) is 0 Å².